The second-order valence-corrected chi connectivity index (χ2v) is 13.1. The van der Waals surface area contributed by atoms with E-state index in [9.17, 15) is 10.5 Å². The number of nitrogens with zero attached hydrogens (tertiary/aromatic N) is 5. The third-order valence-corrected chi connectivity index (χ3v) is 9.76. The van der Waals surface area contributed by atoms with Crippen molar-refractivity contribution < 1.29 is 14.2 Å². The number of benzene rings is 3. The third kappa shape index (κ3) is 7.42. The number of rotatable bonds is 11. The smallest absolute Gasteiger partial charge is 0.187 e. The van der Waals surface area contributed by atoms with Gasteiger partial charge in [0.1, 0.15) is 18.3 Å². The van der Waals surface area contributed by atoms with Crippen molar-refractivity contribution in [2.45, 2.75) is 84.3 Å². The minimum atomic E-state index is -0.502. The first-order valence-corrected chi connectivity index (χ1v) is 16.9. The van der Waals surface area contributed by atoms with Crippen molar-refractivity contribution in [3.63, 3.8) is 0 Å². The van der Waals surface area contributed by atoms with Crippen LogP contribution in [-0.4, -0.2) is 27.4 Å². The lowest BCUT2D eigenvalue weighted by molar-refractivity contribution is -0.199. The van der Waals surface area contributed by atoms with Gasteiger partial charge in [-0.05, 0) is 99.3 Å². The van der Waals surface area contributed by atoms with E-state index in [0.717, 1.165) is 45.9 Å². The summed E-state index contributed by atoms with van der Waals surface area (Å²) < 4.78 is 25.7. The molecular formula is C42H41N5O3. The summed E-state index contributed by atoms with van der Waals surface area (Å²) in [4.78, 5) is 3.55. The minimum Gasteiger partial charge on any atom is -0.369 e. The van der Waals surface area contributed by atoms with Gasteiger partial charge < -0.3 is 23.3 Å². The van der Waals surface area contributed by atoms with Gasteiger partial charge in [0.25, 0.3) is 0 Å². The molecule has 0 saturated heterocycles. The van der Waals surface area contributed by atoms with E-state index in [1.807, 2.05) is 72.8 Å². The Morgan fingerprint density at radius 2 is 0.900 bits per heavy atom. The van der Waals surface area contributed by atoms with Gasteiger partial charge in [0.05, 0.1) is 61.7 Å². The standard InChI is InChI=1S/C42H41N5O3/c1-28-6-7-29(2)46(28)38-22-39(47-30(3)8-9-31(47)4)41(49-26-36-18-20-37(45-5)21-19-36)42(50-27-35-16-12-33(24-44)13-17-35)40(38)48-25-34-14-10-32(23-43)11-15-34/h6-21,38-42H,22,25-27H2,1-4H3. The SMILES string of the molecule is [C-]#[N+]c1ccc(COC2C(OCc3ccc(C#N)cc3)C(OCc3ccc(C#N)cc3)C(n3c(C)ccc3C)CC2n2c(C)ccc2C)cc1. The van der Waals surface area contributed by atoms with Gasteiger partial charge in [-0.2, -0.15) is 10.5 Å². The quantitative estimate of drug-likeness (QED) is 0.132. The first-order chi connectivity index (χ1) is 24.3. The molecule has 0 spiro atoms. The Hall–Kier alpha value is -5.43. The molecule has 5 atom stereocenters. The van der Waals surface area contributed by atoms with Crippen LogP contribution in [0.25, 0.3) is 4.85 Å². The van der Waals surface area contributed by atoms with E-state index >= 15 is 0 Å². The number of hydrogen-bond donors (Lipinski definition) is 0. The molecular weight excluding hydrogens is 622 g/mol. The average molecular weight is 664 g/mol. The van der Waals surface area contributed by atoms with Crippen molar-refractivity contribution in [1.29, 1.82) is 10.5 Å². The number of hydrogen-bond acceptors (Lipinski definition) is 5. The molecule has 5 unspecified atom stereocenters. The van der Waals surface area contributed by atoms with Crippen LogP contribution in [0.3, 0.4) is 0 Å². The van der Waals surface area contributed by atoms with Crippen LogP contribution >= 0.6 is 0 Å². The summed E-state index contributed by atoms with van der Waals surface area (Å²) in [7, 11) is 0. The highest BCUT2D eigenvalue weighted by molar-refractivity contribution is 5.45. The fraction of sp³-hybridized carbons (Fsp3) is 0.310. The maximum atomic E-state index is 9.38. The Labute approximate surface area is 294 Å². The monoisotopic (exact) mass is 663 g/mol. The summed E-state index contributed by atoms with van der Waals surface area (Å²) in [5.74, 6) is 0. The zero-order valence-electron chi connectivity index (χ0n) is 28.9. The number of ether oxygens (including phenoxy) is 3. The average Bonchev–Trinajstić information content (AvgIpc) is 3.67. The summed E-state index contributed by atoms with van der Waals surface area (Å²) in [6, 6.07) is 35.3. The molecule has 0 aliphatic heterocycles. The molecule has 1 aliphatic rings. The molecule has 1 aliphatic carbocycles. The molecule has 5 aromatic rings. The van der Waals surface area contributed by atoms with Crippen LogP contribution in [0.4, 0.5) is 5.69 Å². The second kappa shape index (κ2) is 15.4. The van der Waals surface area contributed by atoms with Gasteiger partial charge in [0, 0.05) is 22.8 Å². The summed E-state index contributed by atoms with van der Waals surface area (Å²) in [5.41, 5.74) is 9.24. The highest BCUT2D eigenvalue weighted by atomic mass is 16.6. The normalized spacial score (nSPS) is 20.1. The number of nitriles is 2. The molecule has 8 heteroatoms. The van der Waals surface area contributed by atoms with Crippen molar-refractivity contribution >= 4 is 5.69 Å². The Bertz CT molecular complexity index is 1880. The van der Waals surface area contributed by atoms with Crippen molar-refractivity contribution in [2.75, 3.05) is 0 Å². The molecule has 50 heavy (non-hydrogen) atoms. The van der Waals surface area contributed by atoms with E-state index in [2.05, 4.69) is 78.1 Å². The van der Waals surface area contributed by atoms with Crippen LogP contribution in [0.1, 0.15) is 69.1 Å². The number of aromatic nitrogens is 2. The molecule has 0 radical (unpaired) electrons. The van der Waals surface area contributed by atoms with E-state index in [-0.39, 0.29) is 12.1 Å². The van der Waals surface area contributed by atoms with Gasteiger partial charge in [-0.1, -0.05) is 48.5 Å². The number of aryl methyl sites for hydroxylation is 4. The molecule has 8 nitrogen and oxygen atoms in total. The maximum absolute atomic E-state index is 9.38. The zero-order chi connectivity index (χ0) is 35.2. The molecule has 3 aromatic carbocycles. The van der Waals surface area contributed by atoms with Gasteiger partial charge in [-0.3, -0.25) is 0 Å². The predicted molar refractivity (Wildman–Crippen MR) is 191 cm³/mol. The summed E-state index contributed by atoms with van der Waals surface area (Å²) in [5, 5.41) is 18.7. The van der Waals surface area contributed by atoms with Crippen LogP contribution in [0.15, 0.2) is 97.1 Å². The largest absolute Gasteiger partial charge is 0.369 e. The second-order valence-electron chi connectivity index (χ2n) is 13.1. The van der Waals surface area contributed by atoms with Gasteiger partial charge >= 0.3 is 0 Å². The molecule has 0 N–H and O–H groups in total. The van der Waals surface area contributed by atoms with Crippen LogP contribution in [0.2, 0.25) is 0 Å². The molecule has 6 rings (SSSR count). The Morgan fingerprint density at radius 3 is 1.24 bits per heavy atom. The van der Waals surface area contributed by atoms with Crippen LogP contribution in [0.5, 0.6) is 0 Å². The Kier molecular flexibility index (Phi) is 10.6. The molecule has 2 heterocycles. The highest BCUT2D eigenvalue weighted by Gasteiger charge is 2.49. The Morgan fingerprint density at radius 1 is 0.560 bits per heavy atom. The zero-order valence-corrected chi connectivity index (χ0v) is 28.9. The van der Waals surface area contributed by atoms with E-state index in [1.165, 1.54) is 0 Å². The lowest BCUT2D eigenvalue weighted by atomic mass is 9.82. The van der Waals surface area contributed by atoms with E-state index in [1.54, 1.807) is 0 Å². The van der Waals surface area contributed by atoms with Gasteiger partial charge in [-0.25, -0.2) is 4.85 Å². The van der Waals surface area contributed by atoms with Crippen molar-refractivity contribution in [3.05, 3.63) is 159 Å². The highest BCUT2D eigenvalue weighted by Crippen LogP contribution is 2.44. The predicted octanol–water partition coefficient (Wildman–Crippen LogP) is 8.76. The first kappa shape index (κ1) is 34.4. The molecule has 0 amide bonds. The summed E-state index contributed by atoms with van der Waals surface area (Å²) in [6.45, 7) is 16.9. The van der Waals surface area contributed by atoms with E-state index in [0.29, 0.717) is 36.6 Å². The van der Waals surface area contributed by atoms with E-state index in [4.69, 9.17) is 20.8 Å². The molecule has 1 saturated carbocycles. The Balaban J connectivity index is 1.44. The van der Waals surface area contributed by atoms with Gasteiger partial charge in [0.2, 0.25) is 0 Å². The summed E-state index contributed by atoms with van der Waals surface area (Å²) >= 11 is 0. The minimum absolute atomic E-state index is 0.0839. The van der Waals surface area contributed by atoms with Crippen molar-refractivity contribution in [2.24, 2.45) is 0 Å². The topological polar surface area (TPSA) is 89.5 Å². The summed E-state index contributed by atoms with van der Waals surface area (Å²) in [6.07, 6.45) is -0.575. The van der Waals surface area contributed by atoms with Crippen molar-refractivity contribution in [1.82, 2.24) is 9.13 Å². The van der Waals surface area contributed by atoms with Crippen molar-refractivity contribution in [3.8, 4) is 12.1 Å². The molecule has 2 aromatic heterocycles. The third-order valence-electron chi connectivity index (χ3n) is 9.76. The maximum Gasteiger partial charge on any atom is 0.187 e. The first-order valence-electron chi connectivity index (χ1n) is 16.9. The van der Waals surface area contributed by atoms with Crippen LogP contribution < -0.4 is 0 Å². The van der Waals surface area contributed by atoms with Crippen LogP contribution in [-0.2, 0) is 34.0 Å². The fourth-order valence-electron chi connectivity index (χ4n) is 7.25. The molecule has 252 valence electrons. The van der Waals surface area contributed by atoms with Gasteiger partial charge in [0.15, 0.2) is 5.69 Å². The fourth-order valence-corrected chi connectivity index (χ4v) is 7.25. The molecule has 1 fully saturated rings. The lowest BCUT2D eigenvalue weighted by Crippen LogP contribution is -2.55. The molecule has 0 bridgehead atoms. The van der Waals surface area contributed by atoms with Gasteiger partial charge in [-0.15, -0.1) is 0 Å². The van der Waals surface area contributed by atoms with E-state index < -0.39 is 18.3 Å². The van der Waals surface area contributed by atoms with Crippen LogP contribution in [0, 0.1) is 56.9 Å². The lowest BCUT2D eigenvalue weighted by Gasteiger charge is -2.48.